The Morgan fingerprint density at radius 3 is 1.92 bits per heavy atom. The lowest BCUT2D eigenvalue weighted by Crippen LogP contribution is -1.97. The van der Waals surface area contributed by atoms with Gasteiger partial charge in [0.25, 0.3) is 0 Å². The minimum absolute atomic E-state index is 0.0902. The number of phenols is 1. The molecule has 2 aromatic carbocycles. The number of hydrogen-bond donors (Lipinski definition) is 1. The zero-order valence-corrected chi connectivity index (χ0v) is 15.8. The fourth-order valence-corrected chi connectivity index (χ4v) is 2.62. The first-order chi connectivity index (χ1) is 12.4. The highest BCUT2D eigenvalue weighted by Crippen LogP contribution is 2.41. The van der Waals surface area contributed by atoms with Gasteiger partial charge in [-0.05, 0) is 53.5 Å². The Morgan fingerprint density at radius 1 is 0.885 bits per heavy atom. The van der Waals surface area contributed by atoms with E-state index in [2.05, 4.69) is 6.58 Å². The van der Waals surface area contributed by atoms with Crippen molar-refractivity contribution in [2.75, 3.05) is 28.4 Å². The van der Waals surface area contributed by atoms with Gasteiger partial charge >= 0.3 is 0 Å². The van der Waals surface area contributed by atoms with E-state index in [9.17, 15) is 5.11 Å². The summed E-state index contributed by atoms with van der Waals surface area (Å²) in [6.45, 7) is 6.13. The first-order valence-corrected chi connectivity index (χ1v) is 8.00. The first kappa shape index (κ1) is 19.2. The van der Waals surface area contributed by atoms with E-state index in [-0.39, 0.29) is 5.75 Å². The maximum atomic E-state index is 9.93. The van der Waals surface area contributed by atoms with Crippen molar-refractivity contribution >= 4 is 11.6 Å². The summed E-state index contributed by atoms with van der Waals surface area (Å²) >= 11 is 0. The van der Waals surface area contributed by atoms with E-state index < -0.39 is 0 Å². The monoisotopic (exact) mass is 356 g/mol. The van der Waals surface area contributed by atoms with Crippen molar-refractivity contribution in [3.63, 3.8) is 0 Å². The molecule has 0 saturated heterocycles. The SMILES string of the molecule is C=C(/C(C)=C/c1ccc(OC)c(O)c1)c1cc(OC)c(OC)c(OC)c1. The molecule has 2 aromatic rings. The van der Waals surface area contributed by atoms with E-state index in [1.54, 1.807) is 33.5 Å². The van der Waals surface area contributed by atoms with Crippen molar-refractivity contribution in [2.45, 2.75) is 6.92 Å². The summed E-state index contributed by atoms with van der Waals surface area (Å²) in [7, 11) is 6.23. The van der Waals surface area contributed by atoms with Gasteiger partial charge in [0.05, 0.1) is 28.4 Å². The summed E-state index contributed by atoms with van der Waals surface area (Å²) < 4.78 is 21.2. The number of benzene rings is 2. The minimum atomic E-state index is 0.0902. The molecule has 0 aliphatic carbocycles. The second kappa shape index (κ2) is 8.34. The highest BCUT2D eigenvalue weighted by Gasteiger charge is 2.15. The van der Waals surface area contributed by atoms with Crippen LogP contribution >= 0.6 is 0 Å². The molecule has 0 saturated carbocycles. The van der Waals surface area contributed by atoms with Crippen molar-refractivity contribution in [1.82, 2.24) is 0 Å². The summed E-state index contributed by atoms with van der Waals surface area (Å²) in [5.74, 6) is 2.19. The van der Waals surface area contributed by atoms with Crippen LogP contribution < -0.4 is 18.9 Å². The van der Waals surface area contributed by atoms with Gasteiger partial charge in [-0.15, -0.1) is 0 Å². The molecule has 0 radical (unpaired) electrons. The van der Waals surface area contributed by atoms with Crippen molar-refractivity contribution in [2.24, 2.45) is 0 Å². The summed E-state index contributed by atoms with van der Waals surface area (Å²) in [6.07, 6.45) is 1.94. The van der Waals surface area contributed by atoms with Crippen molar-refractivity contribution < 1.29 is 24.1 Å². The standard InChI is InChI=1S/C21H24O5/c1-13(9-15-7-8-18(23-3)17(22)10-15)14(2)16-11-19(24-4)21(26-6)20(12-16)25-5/h7-12,22H,2H2,1,3-6H3/b13-9+. The van der Waals surface area contributed by atoms with Gasteiger partial charge < -0.3 is 24.1 Å². The van der Waals surface area contributed by atoms with E-state index >= 15 is 0 Å². The molecule has 0 bridgehead atoms. The summed E-state index contributed by atoms with van der Waals surface area (Å²) in [5, 5.41) is 9.93. The van der Waals surface area contributed by atoms with Crippen LogP contribution in [0.3, 0.4) is 0 Å². The molecule has 5 heteroatoms. The Kier molecular flexibility index (Phi) is 6.17. The Bertz CT molecular complexity index is 811. The molecule has 0 aliphatic rings. The number of ether oxygens (including phenoxy) is 4. The van der Waals surface area contributed by atoms with Crippen LogP contribution in [-0.2, 0) is 0 Å². The number of aromatic hydroxyl groups is 1. The normalized spacial score (nSPS) is 11.0. The third-order valence-electron chi connectivity index (χ3n) is 4.08. The van der Waals surface area contributed by atoms with Crippen LogP contribution in [0.5, 0.6) is 28.7 Å². The second-order valence-electron chi connectivity index (χ2n) is 5.65. The highest BCUT2D eigenvalue weighted by molar-refractivity contribution is 5.84. The highest BCUT2D eigenvalue weighted by atomic mass is 16.5. The number of methoxy groups -OCH3 is 4. The third kappa shape index (κ3) is 3.94. The Hall–Kier alpha value is -3.08. The van der Waals surface area contributed by atoms with E-state index in [0.29, 0.717) is 23.0 Å². The van der Waals surface area contributed by atoms with Gasteiger partial charge in [-0.1, -0.05) is 18.7 Å². The Labute approximate surface area is 154 Å². The van der Waals surface area contributed by atoms with Crippen LogP contribution in [0.15, 0.2) is 42.5 Å². The predicted molar refractivity (Wildman–Crippen MR) is 103 cm³/mol. The van der Waals surface area contributed by atoms with Crippen LogP contribution in [0.4, 0.5) is 0 Å². The maximum Gasteiger partial charge on any atom is 0.203 e. The number of phenolic OH excluding ortho intramolecular Hbond substituents is 1. The zero-order chi connectivity index (χ0) is 19.3. The first-order valence-electron chi connectivity index (χ1n) is 8.00. The number of allylic oxidation sites excluding steroid dienone is 2. The molecule has 1 N–H and O–H groups in total. The van der Waals surface area contributed by atoms with Crippen LogP contribution in [0.1, 0.15) is 18.1 Å². The average molecular weight is 356 g/mol. The average Bonchev–Trinajstić information content (AvgIpc) is 2.66. The van der Waals surface area contributed by atoms with Crippen LogP contribution in [0, 0.1) is 0 Å². The predicted octanol–water partition coefficient (Wildman–Crippen LogP) is 4.54. The lowest BCUT2D eigenvalue weighted by atomic mass is 9.98. The summed E-state index contributed by atoms with van der Waals surface area (Å²) in [6, 6.07) is 8.94. The zero-order valence-electron chi connectivity index (χ0n) is 15.8. The fourth-order valence-electron chi connectivity index (χ4n) is 2.62. The van der Waals surface area contributed by atoms with Gasteiger partial charge in [0.2, 0.25) is 5.75 Å². The molecule has 0 atom stereocenters. The summed E-state index contributed by atoms with van der Waals surface area (Å²) in [4.78, 5) is 0. The molecule has 0 unspecified atom stereocenters. The number of hydrogen-bond acceptors (Lipinski definition) is 5. The number of rotatable bonds is 7. The molecule has 0 aromatic heterocycles. The molecule has 0 aliphatic heterocycles. The second-order valence-corrected chi connectivity index (χ2v) is 5.65. The van der Waals surface area contributed by atoms with Crippen LogP contribution in [0.2, 0.25) is 0 Å². The molecular formula is C21H24O5. The quantitative estimate of drug-likeness (QED) is 0.738. The van der Waals surface area contributed by atoms with E-state index in [1.165, 1.54) is 7.11 Å². The maximum absolute atomic E-state index is 9.93. The molecule has 0 amide bonds. The largest absolute Gasteiger partial charge is 0.504 e. The third-order valence-corrected chi connectivity index (χ3v) is 4.08. The Balaban J connectivity index is 2.40. The van der Waals surface area contributed by atoms with Gasteiger partial charge in [-0.3, -0.25) is 0 Å². The summed E-state index contributed by atoms with van der Waals surface area (Å²) in [5.41, 5.74) is 3.43. The van der Waals surface area contributed by atoms with E-state index in [4.69, 9.17) is 18.9 Å². The molecule has 26 heavy (non-hydrogen) atoms. The topological polar surface area (TPSA) is 57.2 Å². The van der Waals surface area contributed by atoms with E-state index in [1.807, 2.05) is 31.2 Å². The lowest BCUT2D eigenvalue weighted by molar-refractivity contribution is 0.324. The van der Waals surface area contributed by atoms with E-state index in [0.717, 1.165) is 22.3 Å². The van der Waals surface area contributed by atoms with Crippen molar-refractivity contribution in [1.29, 1.82) is 0 Å². The molecule has 0 spiro atoms. The molecular weight excluding hydrogens is 332 g/mol. The fraction of sp³-hybridized carbons (Fsp3) is 0.238. The van der Waals surface area contributed by atoms with Gasteiger partial charge in [0, 0.05) is 0 Å². The molecule has 0 heterocycles. The smallest absolute Gasteiger partial charge is 0.203 e. The molecule has 5 nitrogen and oxygen atoms in total. The Morgan fingerprint density at radius 2 is 1.46 bits per heavy atom. The van der Waals surface area contributed by atoms with Gasteiger partial charge in [0.15, 0.2) is 23.0 Å². The van der Waals surface area contributed by atoms with Crippen molar-refractivity contribution in [3.05, 3.63) is 53.6 Å². The molecule has 2 rings (SSSR count). The minimum Gasteiger partial charge on any atom is -0.504 e. The van der Waals surface area contributed by atoms with Gasteiger partial charge in [-0.25, -0.2) is 0 Å². The molecule has 0 fully saturated rings. The lowest BCUT2D eigenvalue weighted by Gasteiger charge is -2.15. The molecule has 138 valence electrons. The van der Waals surface area contributed by atoms with Crippen LogP contribution in [0.25, 0.3) is 11.6 Å². The van der Waals surface area contributed by atoms with Crippen LogP contribution in [-0.4, -0.2) is 33.5 Å². The van der Waals surface area contributed by atoms with Gasteiger partial charge in [0.1, 0.15) is 0 Å². The van der Waals surface area contributed by atoms with Gasteiger partial charge in [-0.2, -0.15) is 0 Å². The van der Waals surface area contributed by atoms with Crippen molar-refractivity contribution in [3.8, 4) is 28.7 Å².